The highest BCUT2D eigenvalue weighted by Crippen LogP contribution is 2.28. The van der Waals surface area contributed by atoms with Crippen LogP contribution in [-0.2, 0) is 21.2 Å². The lowest BCUT2D eigenvalue weighted by atomic mass is 9.91. The van der Waals surface area contributed by atoms with Gasteiger partial charge < -0.3 is 14.4 Å². The highest BCUT2D eigenvalue weighted by atomic mass is 32.2. The standard InChI is InChI=1S/C23H27FN2O5S/c1-15(2)31-23(27)26-10-9-20(16(3)13-26)17-11-21(24)22(25-12-17)14-30-18-5-7-19(8-6-18)32(4,28)29/h5-9,11-12,15-16H,10,13-14H2,1-4H3. The Bertz CT molecular complexity index is 1110. The topological polar surface area (TPSA) is 85.8 Å². The molecule has 0 fully saturated rings. The first-order chi connectivity index (χ1) is 15.0. The van der Waals surface area contributed by atoms with Gasteiger partial charge in [0.15, 0.2) is 9.84 Å². The maximum atomic E-state index is 14.7. The molecule has 0 radical (unpaired) electrons. The quantitative estimate of drug-likeness (QED) is 0.643. The molecule has 0 saturated heterocycles. The molecule has 0 spiro atoms. The fourth-order valence-corrected chi connectivity index (χ4v) is 4.04. The van der Waals surface area contributed by atoms with Gasteiger partial charge in [-0.15, -0.1) is 0 Å². The molecule has 1 aliphatic rings. The van der Waals surface area contributed by atoms with E-state index in [0.29, 0.717) is 24.4 Å². The molecule has 1 aliphatic heterocycles. The first kappa shape index (κ1) is 23.7. The van der Waals surface area contributed by atoms with Crippen LogP contribution in [0.4, 0.5) is 9.18 Å². The minimum Gasteiger partial charge on any atom is -0.487 e. The molecule has 1 unspecified atom stereocenters. The minimum atomic E-state index is -3.29. The summed E-state index contributed by atoms with van der Waals surface area (Å²) in [6.45, 7) is 6.35. The highest BCUT2D eigenvalue weighted by molar-refractivity contribution is 7.90. The van der Waals surface area contributed by atoms with Gasteiger partial charge in [0.25, 0.3) is 0 Å². The molecule has 1 aromatic heterocycles. The van der Waals surface area contributed by atoms with Crippen molar-refractivity contribution in [2.24, 2.45) is 5.92 Å². The lowest BCUT2D eigenvalue weighted by Crippen LogP contribution is -2.39. The minimum absolute atomic E-state index is 0.000112. The SMILES string of the molecule is CC(C)OC(=O)N1CC=C(c2cnc(COc3ccc(S(C)(=O)=O)cc3)c(F)c2)C(C)C1. The van der Waals surface area contributed by atoms with E-state index in [2.05, 4.69) is 4.98 Å². The molecule has 0 aliphatic carbocycles. The Hall–Kier alpha value is -2.94. The summed E-state index contributed by atoms with van der Waals surface area (Å²) in [7, 11) is -3.29. The fourth-order valence-electron chi connectivity index (χ4n) is 3.41. The zero-order valence-electron chi connectivity index (χ0n) is 18.5. The van der Waals surface area contributed by atoms with Gasteiger partial charge in [-0.3, -0.25) is 4.98 Å². The molecule has 32 heavy (non-hydrogen) atoms. The van der Waals surface area contributed by atoms with Crippen LogP contribution in [0.5, 0.6) is 5.75 Å². The Morgan fingerprint density at radius 2 is 1.97 bits per heavy atom. The molecule has 0 bridgehead atoms. The van der Waals surface area contributed by atoms with E-state index in [9.17, 15) is 17.6 Å². The van der Waals surface area contributed by atoms with Crippen molar-refractivity contribution in [3.63, 3.8) is 0 Å². The molecule has 2 aromatic rings. The summed E-state index contributed by atoms with van der Waals surface area (Å²) in [6, 6.07) is 7.34. The van der Waals surface area contributed by atoms with Crippen LogP contribution in [0.15, 0.2) is 47.5 Å². The van der Waals surface area contributed by atoms with E-state index in [-0.39, 0.29) is 35.3 Å². The predicted molar refractivity (Wildman–Crippen MR) is 118 cm³/mol. The van der Waals surface area contributed by atoms with E-state index >= 15 is 0 Å². The van der Waals surface area contributed by atoms with Gasteiger partial charge in [-0.1, -0.05) is 13.0 Å². The summed E-state index contributed by atoms with van der Waals surface area (Å²) in [5.41, 5.74) is 1.73. The number of aromatic nitrogens is 1. The number of hydrogen-bond acceptors (Lipinski definition) is 6. The number of benzene rings is 1. The number of ether oxygens (including phenoxy) is 2. The molecule has 172 valence electrons. The number of pyridine rings is 1. The van der Waals surface area contributed by atoms with Crippen molar-refractivity contribution in [2.45, 2.75) is 38.4 Å². The second-order valence-electron chi connectivity index (χ2n) is 8.08. The molecule has 9 heteroatoms. The monoisotopic (exact) mass is 462 g/mol. The van der Waals surface area contributed by atoms with Gasteiger partial charge >= 0.3 is 6.09 Å². The average Bonchev–Trinajstić information content (AvgIpc) is 2.72. The number of rotatable bonds is 6. The summed E-state index contributed by atoms with van der Waals surface area (Å²) in [4.78, 5) is 18.1. The second-order valence-corrected chi connectivity index (χ2v) is 10.1. The van der Waals surface area contributed by atoms with Crippen molar-refractivity contribution < 1.29 is 27.1 Å². The zero-order valence-corrected chi connectivity index (χ0v) is 19.4. The molecule has 0 N–H and O–H groups in total. The molecule has 2 heterocycles. The number of nitrogens with zero attached hydrogens (tertiary/aromatic N) is 2. The Kier molecular flexibility index (Phi) is 7.18. The first-order valence-corrected chi connectivity index (χ1v) is 12.2. The van der Waals surface area contributed by atoms with E-state index in [1.165, 1.54) is 30.3 Å². The molecular formula is C23H27FN2O5S. The Balaban J connectivity index is 1.66. The van der Waals surface area contributed by atoms with Crippen LogP contribution >= 0.6 is 0 Å². The summed E-state index contributed by atoms with van der Waals surface area (Å²) in [5, 5.41) is 0. The molecule has 7 nitrogen and oxygen atoms in total. The summed E-state index contributed by atoms with van der Waals surface area (Å²) >= 11 is 0. The summed E-state index contributed by atoms with van der Waals surface area (Å²) in [5.74, 6) is -0.0789. The lowest BCUT2D eigenvalue weighted by Gasteiger charge is -2.31. The van der Waals surface area contributed by atoms with Crippen molar-refractivity contribution in [3.8, 4) is 5.75 Å². The van der Waals surface area contributed by atoms with Crippen molar-refractivity contribution in [2.75, 3.05) is 19.3 Å². The molecule has 0 saturated carbocycles. The molecule has 1 aromatic carbocycles. The van der Waals surface area contributed by atoms with Crippen LogP contribution in [-0.4, -0.2) is 49.8 Å². The number of sulfone groups is 1. The third-order valence-electron chi connectivity index (χ3n) is 5.03. The molecule has 1 amide bonds. The van der Waals surface area contributed by atoms with E-state index < -0.39 is 15.7 Å². The van der Waals surface area contributed by atoms with Crippen molar-refractivity contribution in [1.82, 2.24) is 9.88 Å². The maximum absolute atomic E-state index is 14.7. The van der Waals surface area contributed by atoms with E-state index in [1.807, 2.05) is 13.0 Å². The number of amides is 1. The van der Waals surface area contributed by atoms with E-state index in [4.69, 9.17) is 9.47 Å². The van der Waals surface area contributed by atoms with Crippen molar-refractivity contribution >= 4 is 21.5 Å². The normalized spacial score (nSPS) is 16.6. The Morgan fingerprint density at radius 3 is 2.53 bits per heavy atom. The third-order valence-corrected chi connectivity index (χ3v) is 6.16. The van der Waals surface area contributed by atoms with Gasteiger partial charge in [-0.25, -0.2) is 17.6 Å². The van der Waals surface area contributed by atoms with Gasteiger partial charge in [0.05, 0.1) is 11.0 Å². The van der Waals surface area contributed by atoms with Gasteiger partial charge in [-0.2, -0.15) is 0 Å². The smallest absolute Gasteiger partial charge is 0.410 e. The van der Waals surface area contributed by atoms with Crippen LogP contribution in [0.2, 0.25) is 0 Å². The summed E-state index contributed by atoms with van der Waals surface area (Å²) < 4.78 is 48.5. The zero-order chi connectivity index (χ0) is 23.5. The highest BCUT2D eigenvalue weighted by Gasteiger charge is 2.25. The Labute approximate surface area is 187 Å². The van der Waals surface area contributed by atoms with Crippen LogP contribution in [0.3, 0.4) is 0 Å². The fraction of sp³-hybridized carbons (Fsp3) is 0.391. The lowest BCUT2D eigenvalue weighted by molar-refractivity contribution is 0.0769. The third kappa shape index (κ3) is 5.85. The molecular weight excluding hydrogens is 435 g/mol. The summed E-state index contributed by atoms with van der Waals surface area (Å²) in [6.07, 6.45) is 4.07. The molecule has 1 atom stereocenters. The van der Waals surface area contributed by atoms with Gasteiger partial charge in [-0.05, 0) is 61.2 Å². The van der Waals surface area contributed by atoms with Crippen LogP contribution in [0, 0.1) is 11.7 Å². The van der Waals surface area contributed by atoms with Crippen LogP contribution in [0.1, 0.15) is 32.0 Å². The largest absolute Gasteiger partial charge is 0.487 e. The van der Waals surface area contributed by atoms with E-state index in [0.717, 1.165) is 11.8 Å². The van der Waals surface area contributed by atoms with Crippen LogP contribution in [0.25, 0.3) is 5.57 Å². The number of carbonyl (C=O) groups excluding carboxylic acids is 1. The average molecular weight is 463 g/mol. The second kappa shape index (κ2) is 9.68. The van der Waals surface area contributed by atoms with Crippen molar-refractivity contribution in [1.29, 1.82) is 0 Å². The van der Waals surface area contributed by atoms with Gasteiger partial charge in [0.2, 0.25) is 0 Å². The van der Waals surface area contributed by atoms with Gasteiger partial charge in [0.1, 0.15) is 23.9 Å². The first-order valence-electron chi connectivity index (χ1n) is 10.3. The number of halogens is 1. The molecule has 3 rings (SSSR count). The van der Waals surface area contributed by atoms with Crippen LogP contribution < -0.4 is 4.74 Å². The maximum Gasteiger partial charge on any atom is 0.410 e. The van der Waals surface area contributed by atoms with Crippen molar-refractivity contribution in [3.05, 3.63) is 59.7 Å². The Morgan fingerprint density at radius 1 is 1.28 bits per heavy atom. The van der Waals surface area contributed by atoms with E-state index in [1.54, 1.807) is 24.9 Å². The number of hydrogen-bond donors (Lipinski definition) is 0. The number of carbonyl (C=O) groups is 1. The predicted octanol–water partition coefficient (Wildman–Crippen LogP) is 4.08. The van der Waals surface area contributed by atoms with Gasteiger partial charge in [0, 0.05) is 25.5 Å².